The van der Waals surface area contributed by atoms with E-state index in [2.05, 4.69) is 22.4 Å². The Labute approximate surface area is 100.0 Å². The van der Waals surface area contributed by atoms with E-state index in [1.54, 1.807) is 0 Å². The molecule has 1 fully saturated rings. The molecule has 0 unspecified atom stereocenters. The van der Waals surface area contributed by atoms with Crippen LogP contribution < -0.4 is 5.32 Å². The van der Waals surface area contributed by atoms with Gasteiger partial charge in [-0.1, -0.05) is 6.07 Å². The first-order valence-corrected chi connectivity index (χ1v) is 5.96. The molecule has 0 radical (unpaired) electrons. The summed E-state index contributed by atoms with van der Waals surface area (Å²) in [6, 6.07) is 6.14. The summed E-state index contributed by atoms with van der Waals surface area (Å²) in [5, 5.41) is 3.44. The highest BCUT2D eigenvalue weighted by molar-refractivity contribution is 5.73. The molecule has 2 heterocycles. The quantitative estimate of drug-likeness (QED) is 0.874. The topological polar surface area (TPSA) is 47.3 Å². The maximum absolute atomic E-state index is 5.44. The summed E-state index contributed by atoms with van der Waals surface area (Å²) in [6.07, 6.45) is 0. The van der Waals surface area contributed by atoms with E-state index in [1.165, 1.54) is 5.56 Å². The number of nitrogens with one attached hydrogen (secondary N) is 1. The van der Waals surface area contributed by atoms with Crippen molar-refractivity contribution in [2.45, 2.75) is 13.5 Å². The van der Waals surface area contributed by atoms with Crippen LogP contribution >= 0.6 is 0 Å². The number of aryl methyl sites for hydroxylation is 1. The standard InChI is InChI=1S/C13H16N2O2/c1-9-15-12-4-10(2-3-13(12)17-9)5-14-6-11-7-16-8-11/h2-4,11,14H,5-8H2,1H3. The Morgan fingerprint density at radius 3 is 3.06 bits per heavy atom. The lowest BCUT2D eigenvalue weighted by Gasteiger charge is -2.26. The lowest BCUT2D eigenvalue weighted by molar-refractivity contribution is -0.0307. The van der Waals surface area contributed by atoms with Gasteiger partial charge < -0.3 is 14.5 Å². The number of hydrogen-bond acceptors (Lipinski definition) is 4. The van der Waals surface area contributed by atoms with E-state index in [0.717, 1.165) is 43.3 Å². The van der Waals surface area contributed by atoms with Gasteiger partial charge in [0.25, 0.3) is 0 Å². The fourth-order valence-electron chi connectivity index (χ4n) is 2.02. The Morgan fingerprint density at radius 1 is 1.41 bits per heavy atom. The molecule has 3 rings (SSSR count). The van der Waals surface area contributed by atoms with Crippen LogP contribution in [0.2, 0.25) is 0 Å². The first kappa shape index (κ1) is 10.7. The molecule has 4 nitrogen and oxygen atoms in total. The van der Waals surface area contributed by atoms with Gasteiger partial charge in [0.1, 0.15) is 5.52 Å². The lowest BCUT2D eigenvalue weighted by atomic mass is 10.1. The molecule has 1 aliphatic rings. The normalized spacial score (nSPS) is 16.3. The average molecular weight is 232 g/mol. The molecule has 0 bridgehead atoms. The van der Waals surface area contributed by atoms with E-state index in [9.17, 15) is 0 Å². The van der Waals surface area contributed by atoms with Gasteiger partial charge in [-0.25, -0.2) is 4.98 Å². The summed E-state index contributed by atoms with van der Waals surface area (Å²) in [5.74, 6) is 1.41. The van der Waals surface area contributed by atoms with Crippen LogP contribution in [0.4, 0.5) is 0 Å². The summed E-state index contributed by atoms with van der Waals surface area (Å²) in [7, 11) is 0. The molecule has 4 heteroatoms. The second-order valence-corrected chi connectivity index (χ2v) is 4.57. The van der Waals surface area contributed by atoms with Crippen LogP contribution in [0.1, 0.15) is 11.5 Å². The van der Waals surface area contributed by atoms with E-state index < -0.39 is 0 Å². The van der Waals surface area contributed by atoms with E-state index >= 15 is 0 Å². The second kappa shape index (κ2) is 4.47. The fourth-order valence-corrected chi connectivity index (χ4v) is 2.02. The van der Waals surface area contributed by atoms with E-state index in [-0.39, 0.29) is 0 Å². The number of hydrogen-bond donors (Lipinski definition) is 1. The smallest absolute Gasteiger partial charge is 0.192 e. The molecule has 1 aromatic heterocycles. The number of oxazole rings is 1. The van der Waals surface area contributed by atoms with Crippen molar-refractivity contribution in [2.75, 3.05) is 19.8 Å². The Morgan fingerprint density at radius 2 is 2.29 bits per heavy atom. The Bertz CT molecular complexity index is 517. The number of ether oxygens (including phenoxy) is 1. The molecule has 0 aliphatic carbocycles. The van der Waals surface area contributed by atoms with Gasteiger partial charge in [-0.05, 0) is 17.7 Å². The Balaban J connectivity index is 1.63. The molecule has 2 aromatic rings. The highest BCUT2D eigenvalue weighted by atomic mass is 16.5. The van der Waals surface area contributed by atoms with Crippen molar-refractivity contribution in [3.63, 3.8) is 0 Å². The van der Waals surface area contributed by atoms with Crippen LogP contribution in [0.3, 0.4) is 0 Å². The van der Waals surface area contributed by atoms with Gasteiger partial charge in [-0.3, -0.25) is 0 Å². The third kappa shape index (κ3) is 2.33. The van der Waals surface area contributed by atoms with Crippen molar-refractivity contribution < 1.29 is 9.15 Å². The monoisotopic (exact) mass is 232 g/mol. The molecule has 1 aromatic carbocycles. The van der Waals surface area contributed by atoms with E-state index in [4.69, 9.17) is 9.15 Å². The van der Waals surface area contributed by atoms with Gasteiger partial charge in [0, 0.05) is 25.9 Å². The van der Waals surface area contributed by atoms with Crippen molar-refractivity contribution in [1.29, 1.82) is 0 Å². The average Bonchev–Trinajstić information content (AvgIpc) is 2.61. The predicted molar refractivity (Wildman–Crippen MR) is 64.8 cm³/mol. The zero-order chi connectivity index (χ0) is 11.7. The zero-order valence-corrected chi connectivity index (χ0v) is 9.90. The van der Waals surface area contributed by atoms with Crippen LogP contribution in [-0.4, -0.2) is 24.7 Å². The summed E-state index contributed by atoms with van der Waals surface area (Å²) < 4.78 is 10.6. The minimum Gasteiger partial charge on any atom is -0.441 e. The molecule has 1 N–H and O–H groups in total. The predicted octanol–water partition coefficient (Wildman–Crippen LogP) is 1.87. The highest BCUT2D eigenvalue weighted by Crippen LogP contribution is 2.16. The number of rotatable bonds is 4. The summed E-state index contributed by atoms with van der Waals surface area (Å²) in [6.45, 7) is 5.56. The van der Waals surface area contributed by atoms with Crippen molar-refractivity contribution >= 4 is 11.1 Å². The second-order valence-electron chi connectivity index (χ2n) is 4.57. The molecular weight excluding hydrogens is 216 g/mol. The van der Waals surface area contributed by atoms with E-state index in [0.29, 0.717) is 5.92 Å². The van der Waals surface area contributed by atoms with Crippen molar-refractivity contribution in [1.82, 2.24) is 10.3 Å². The summed E-state index contributed by atoms with van der Waals surface area (Å²) >= 11 is 0. The minimum atomic E-state index is 0.688. The third-order valence-corrected chi connectivity index (χ3v) is 3.03. The van der Waals surface area contributed by atoms with Crippen LogP contribution in [0.25, 0.3) is 11.1 Å². The maximum atomic E-state index is 5.44. The fraction of sp³-hybridized carbons (Fsp3) is 0.462. The molecule has 1 aliphatic heterocycles. The summed E-state index contributed by atoms with van der Waals surface area (Å²) in [5.41, 5.74) is 3.04. The first-order chi connectivity index (χ1) is 8.31. The van der Waals surface area contributed by atoms with Crippen LogP contribution in [0.15, 0.2) is 22.6 Å². The van der Waals surface area contributed by atoms with Crippen LogP contribution in [0, 0.1) is 12.8 Å². The molecule has 0 spiro atoms. The van der Waals surface area contributed by atoms with Gasteiger partial charge in [0.2, 0.25) is 0 Å². The zero-order valence-electron chi connectivity index (χ0n) is 9.90. The molecule has 0 amide bonds. The van der Waals surface area contributed by atoms with E-state index in [1.807, 2.05) is 13.0 Å². The molecule has 1 saturated heterocycles. The Kier molecular flexibility index (Phi) is 2.82. The van der Waals surface area contributed by atoms with Gasteiger partial charge >= 0.3 is 0 Å². The molecule has 90 valence electrons. The minimum absolute atomic E-state index is 0.688. The highest BCUT2D eigenvalue weighted by Gasteiger charge is 2.17. The number of aromatic nitrogens is 1. The molecule has 17 heavy (non-hydrogen) atoms. The number of nitrogens with zero attached hydrogens (tertiary/aromatic N) is 1. The molecule has 0 saturated carbocycles. The maximum Gasteiger partial charge on any atom is 0.192 e. The number of benzene rings is 1. The van der Waals surface area contributed by atoms with Crippen molar-refractivity contribution in [3.05, 3.63) is 29.7 Å². The van der Waals surface area contributed by atoms with Gasteiger partial charge in [-0.15, -0.1) is 0 Å². The SMILES string of the molecule is Cc1nc2cc(CNCC3COC3)ccc2o1. The van der Waals surface area contributed by atoms with Gasteiger partial charge in [0.05, 0.1) is 13.2 Å². The first-order valence-electron chi connectivity index (χ1n) is 5.96. The van der Waals surface area contributed by atoms with Crippen molar-refractivity contribution in [3.8, 4) is 0 Å². The van der Waals surface area contributed by atoms with Crippen LogP contribution in [0.5, 0.6) is 0 Å². The summed E-state index contributed by atoms with van der Waals surface area (Å²) in [4.78, 5) is 4.33. The largest absolute Gasteiger partial charge is 0.441 e. The number of fused-ring (bicyclic) bond motifs is 1. The third-order valence-electron chi connectivity index (χ3n) is 3.03. The van der Waals surface area contributed by atoms with Crippen LogP contribution in [-0.2, 0) is 11.3 Å². The Hall–Kier alpha value is -1.39. The molecule has 0 atom stereocenters. The molecular formula is C13H16N2O2. The van der Waals surface area contributed by atoms with Crippen molar-refractivity contribution in [2.24, 2.45) is 5.92 Å². The van der Waals surface area contributed by atoms with Gasteiger partial charge in [-0.2, -0.15) is 0 Å². The lowest BCUT2D eigenvalue weighted by Crippen LogP contribution is -2.36. The van der Waals surface area contributed by atoms with Gasteiger partial charge in [0.15, 0.2) is 11.5 Å².